The molecule has 0 amide bonds. The van der Waals surface area contributed by atoms with Crippen LogP contribution in [0.4, 0.5) is 0 Å². The Morgan fingerprint density at radius 2 is 1.83 bits per heavy atom. The average molecular weight is 662 g/mol. The van der Waals surface area contributed by atoms with Gasteiger partial charge in [0.2, 0.25) is 5.75 Å². The van der Waals surface area contributed by atoms with Gasteiger partial charge in [-0.3, -0.25) is 0 Å². The van der Waals surface area contributed by atoms with Gasteiger partial charge in [0, 0.05) is 34.9 Å². The maximum Gasteiger partial charge on any atom is 0.201 e. The van der Waals surface area contributed by atoms with Crippen molar-refractivity contribution >= 4 is 0 Å². The monoisotopic (exact) mass is 661 g/mol. The van der Waals surface area contributed by atoms with Crippen LogP contribution >= 0.6 is 0 Å². The van der Waals surface area contributed by atoms with Crippen LogP contribution in [0.1, 0.15) is 96.3 Å². The zero-order chi connectivity index (χ0) is 33.9. The highest BCUT2D eigenvalue weighted by Gasteiger charge is 2.44. The van der Waals surface area contributed by atoms with Crippen LogP contribution in [0.25, 0.3) is 0 Å². The maximum atomic E-state index is 11.5. The van der Waals surface area contributed by atoms with Gasteiger partial charge in [0.05, 0.1) is 38.6 Å². The largest absolute Gasteiger partial charge is 0.670 e. The van der Waals surface area contributed by atoms with Crippen LogP contribution < -0.4 is 15.0 Å². The van der Waals surface area contributed by atoms with Gasteiger partial charge in [-0.15, -0.1) is 0 Å². The number of hydrogen-bond acceptors (Lipinski definition) is 9. The minimum Gasteiger partial charge on any atom is -0.670 e. The molecule has 10 heteroatoms. The lowest BCUT2D eigenvalue weighted by Gasteiger charge is -2.46. The first-order chi connectivity index (χ1) is 23.3. The summed E-state index contributed by atoms with van der Waals surface area (Å²) in [6, 6.07) is 7.70. The fraction of sp³-hybridized carbons (Fsp3) is 0.526. The van der Waals surface area contributed by atoms with Crippen LogP contribution in [0.15, 0.2) is 48.3 Å². The predicted molar refractivity (Wildman–Crippen MR) is 180 cm³/mol. The van der Waals surface area contributed by atoms with Gasteiger partial charge in [0.25, 0.3) is 0 Å². The molecule has 1 saturated heterocycles. The Kier molecular flexibility index (Phi) is 10.7. The van der Waals surface area contributed by atoms with Gasteiger partial charge >= 0.3 is 0 Å². The number of aromatic hydroxyl groups is 3. The molecule has 0 radical (unpaired) electrons. The standard InChI is InChI=1S/C38H49N2O8/c1-39-11-9-21-3-4-25(19-41)27(13-21)28-15-23(6-8-31(28)43)24-5-7-26-32(44)17-34(48-33(26)16-24)35-29(14-22-10-12-40-18-22)38(47-2)37(46)36(45)30(35)20-42/h4,6,8,10,12,15,18,21,24,26-27,32-34,39,41-46H,3,5,7,9,11,13-14,16-17,19-20H2,1-2H3/q-1/t21-,24+,26+,27+,32-,33-,34-/m0/s1. The number of phenols is 3. The van der Waals surface area contributed by atoms with Crippen LogP contribution in [0.3, 0.4) is 0 Å². The lowest BCUT2D eigenvalue weighted by molar-refractivity contribution is -0.154. The third-order valence-electron chi connectivity index (χ3n) is 11.1. The van der Waals surface area contributed by atoms with E-state index in [1.165, 1.54) is 7.11 Å². The zero-order valence-electron chi connectivity index (χ0n) is 27.8. The summed E-state index contributed by atoms with van der Waals surface area (Å²) in [4.78, 5) is 4.16. The van der Waals surface area contributed by atoms with Crippen molar-refractivity contribution in [3.8, 4) is 23.0 Å². The first-order valence-corrected chi connectivity index (χ1v) is 17.2. The van der Waals surface area contributed by atoms with Crippen LogP contribution in [-0.2, 0) is 17.8 Å². The van der Waals surface area contributed by atoms with E-state index >= 15 is 0 Å². The topological polar surface area (TPSA) is 166 Å². The van der Waals surface area contributed by atoms with E-state index in [4.69, 9.17) is 9.47 Å². The summed E-state index contributed by atoms with van der Waals surface area (Å²) in [7, 11) is 3.37. The van der Waals surface area contributed by atoms with Gasteiger partial charge in [0.1, 0.15) is 5.75 Å². The van der Waals surface area contributed by atoms with Crippen LogP contribution in [0.2, 0.25) is 0 Å². The number of allylic oxidation sites excluding steroid dienone is 1. The van der Waals surface area contributed by atoms with Gasteiger partial charge in [-0.2, -0.15) is 12.4 Å². The number of phenolic OH excluding ortho intramolecular Hbond substituents is 2. The van der Waals surface area contributed by atoms with Crippen molar-refractivity contribution in [2.75, 3.05) is 27.3 Å². The van der Waals surface area contributed by atoms with Crippen molar-refractivity contribution in [3.05, 3.63) is 81.7 Å². The third-order valence-corrected chi connectivity index (χ3v) is 11.1. The molecule has 2 aliphatic carbocycles. The van der Waals surface area contributed by atoms with E-state index in [9.17, 15) is 30.6 Å². The quantitative estimate of drug-likeness (QED) is 0.114. The maximum absolute atomic E-state index is 11.5. The summed E-state index contributed by atoms with van der Waals surface area (Å²) >= 11 is 0. The Hall–Kier alpha value is -3.54. The SMILES string of the molecule is CNCC[C@@H]1CC=C(CO)[C@H](c2cc([C@@H]3CC[C@H]4[C@H](C3)O[C@H](c3c(CO)c(O)c(O)c(OC)c3Cc3cc[n-]c3)C[C@@H]4O)ccc2O)C1. The molecule has 6 rings (SSSR count). The molecule has 0 spiro atoms. The minimum atomic E-state index is -0.666. The second kappa shape index (κ2) is 14.9. The van der Waals surface area contributed by atoms with E-state index < -0.39 is 30.3 Å². The summed E-state index contributed by atoms with van der Waals surface area (Å²) in [5.41, 5.74) is 5.01. The molecule has 3 aromatic rings. The highest BCUT2D eigenvalue weighted by molar-refractivity contribution is 5.64. The molecule has 0 unspecified atom stereocenters. The van der Waals surface area contributed by atoms with E-state index in [-0.39, 0.29) is 53.9 Å². The molecule has 7 atom stereocenters. The number of aromatic nitrogens is 1. The summed E-state index contributed by atoms with van der Waals surface area (Å²) in [5, 5.41) is 68.2. The van der Waals surface area contributed by atoms with Gasteiger partial charge < -0.3 is 50.4 Å². The van der Waals surface area contributed by atoms with Crippen LogP contribution in [0.5, 0.6) is 23.0 Å². The normalized spacial score (nSPS) is 27.4. The molecule has 3 aliphatic rings. The molecule has 1 aromatic heterocycles. The number of benzene rings is 2. The van der Waals surface area contributed by atoms with Crippen LogP contribution in [0, 0.1) is 11.8 Å². The minimum absolute atomic E-state index is 0.0366. The Morgan fingerprint density at radius 1 is 1.00 bits per heavy atom. The van der Waals surface area contributed by atoms with Gasteiger partial charge in [-0.05, 0) is 93.1 Å². The number of aliphatic hydroxyl groups is 3. The van der Waals surface area contributed by atoms with E-state index in [1.807, 2.05) is 19.2 Å². The van der Waals surface area contributed by atoms with Crippen molar-refractivity contribution in [1.82, 2.24) is 10.3 Å². The van der Waals surface area contributed by atoms with Gasteiger partial charge in [-0.1, -0.05) is 29.8 Å². The second-order valence-electron chi connectivity index (χ2n) is 13.8. The first-order valence-electron chi connectivity index (χ1n) is 17.2. The first kappa shape index (κ1) is 34.3. The molecule has 260 valence electrons. The fourth-order valence-electron chi connectivity index (χ4n) is 8.53. The number of aliphatic hydroxyl groups excluding tert-OH is 3. The van der Waals surface area contributed by atoms with E-state index in [0.29, 0.717) is 29.9 Å². The summed E-state index contributed by atoms with van der Waals surface area (Å²) in [5.74, 6) is -0.0998. The van der Waals surface area contributed by atoms with E-state index in [2.05, 4.69) is 22.4 Å². The highest BCUT2D eigenvalue weighted by Crippen LogP contribution is 2.52. The zero-order valence-corrected chi connectivity index (χ0v) is 27.8. The average Bonchev–Trinajstić information content (AvgIpc) is 3.62. The number of rotatable bonds is 11. The Bertz CT molecular complexity index is 1590. The van der Waals surface area contributed by atoms with Crippen LogP contribution in [-0.4, -0.2) is 70.2 Å². The molecule has 1 aliphatic heterocycles. The second-order valence-corrected chi connectivity index (χ2v) is 13.8. The van der Waals surface area contributed by atoms with Crippen molar-refractivity contribution in [2.45, 2.75) is 88.1 Å². The number of nitrogens with zero attached hydrogens (tertiary/aromatic N) is 1. The molecular weight excluding hydrogens is 612 g/mol. The van der Waals surface area contributed by atoms with Crippen molar-refractivity contribution in [2.24, 2.45) is 11.8 Å². The molecule has 10 nitrogen and oxygen atoms in total. The number of nitrogens with one attached hydrogen (secondary N) is 1. The molecule has 2 fully saturated rings. The Labute approximate surface area is 282 Å². The lowest BCUT2D eigenvalue weighted by Crippen LogP contribution is -2.44. The van der Waals surface area contributed by atoms with Gasteiger partial charge in [0.15, 0.2) is 11.5 Å². The molecule has 0 bridgehead atoms. The highest BCUT2D eigenvalue weighted by atomic mass is 16.5. The Balaban J connectivity index is 1.29. The fourth-order valence-corrected chi connectivity index (χ4v) is 8.53. The number of hydrogen-bond donors (Lipinski definition) is 7. The van der Waals surface area contributed by atoms with E-state index in [0.717, 1.165) is 60.9 Å². The third kappa shape index (κ3) is 6.69. The molecule has 2 heterocycles. The predicted octanol–water partition coefficient (Wildman–Crippen LogP) is 4.65. The Morgan fingerprint density at radius 3 is 2.54 bits per heavy atom. The summed E-state index contributed by atoms with van der Waals surface area (Å²) in [6.45, 7) is 0.353. The molecule has 7 N–H and O–H groups in total. The van der Waals surface area contributed by atoms with Crippen molar-refractivity contribution < 1.29 is 40.1 Å². The number of fused-ring (bicyclic) bond motifs is 1. The lowest BCUT2D eigenvalue weighted by atomic mass is 9.70. The summed E-state index contributed by atoms with van der Waals surface area (Å²) < 4.78 is 12.4. The molecule has 2 aromatic carbocycles. The van der Waals surface area contributed by atoms with Gasteiger partial charge in [-0.25, -0.2) is 0 Å². The van der Waals surface area contributed by atoms with Crippen molar-refractivity contribution in [1.29, 1.82) is 0 Å². The summed E-state index contributed by atoms with van der Waals surface area (Å²) in [6.07, 6.45) is 9.60. The molecule has 1 saturated carbocycles. The van der Waals surface area contributed by atoms with E-state index in [1.54, 1.807) is 18.5 Å². The number of methoxy groups -OCH3 is 1. The van der Waals surface area contributed by atoms with Crippen molar-refractivity contribution in [3.63, 3.8) is 0 Å². The smallest absolute Gasteiger partial charge is 0.201 e. The molecular formula is C38H49N2O8-. The molecule has 48 heavy (non-hydrogen) atoms. The number of ether oxygens (including phenoxy) is 2.